The Hall–Kier alpha value is -4.63. The SMILES string of the molecule is CC1(OCCCCCCc2cccc(OCCCC(=O)O)c2CCC(=O)O)CC(c2ccccc2)=CC(c2ccc3c(c2)OCO3)=C1F. The van der Waals surface area contributed by atoms with Crippen molar-refractivity contribution in [2.75, 3.05) is 20.0 Å². The molecule has 1 aliphatic carbocycles. The molecule has 254 valence electrons. The highest BCUT2D eigenvalue weighted by molar-refractivity contribution is 5.89. The van der Waals surface area contributed by atoms with Crippen LogP contribution in [0.3, 0.4) is 0 Å². The number of rotatable bonds is 18. The maximum atomic E-state index is 16.3. The molecule has 9 heteroatoms. The number of benzene rings is 3. The van der Waals surface area contributed by atoms with Crippen molar-refractivity contribution in [3.63, 3.8) is 0 Å². The second-order valence-electron chi connectivity index (χ2n) is 12.4. The van der Waals surface area contributed by atoms with Crippen LogP contribution in [0.25, 0.3) is 11.1 Å². The molecule has 3 aromatic rings. The first-order valence-corrected chi connectivity index (χ1v) is 16.6. The number of carbonyl (C=O) groups is 2. The Kier molecular flexibility index (Phi) is 11.9. The number of halogens is 1. The summed E-state index contributed by atoms with van der Waals surface area (Å²) in [4.78, 5) is 22.2. The second-order valence-corrected chi connectivity index (χ2v) is 12.4. The molecule has 0 spiro atoms. The van der Waals surface area contributed by atoms with Gasteiger partial charge in [-0.25, -0.2) is 4.39 Å². The Bertz CT molecular complexity index is 1650. The van der Waals surface area contributed by atoms with Crippen molar-refractivity contribution in [1.29, 1.82) is 0 Å². The Balaban J connectivity index is 1.18. The highest BCUT2D eigenvalue weighted by atomic mass is 19.1. The van der Waals surface area contributed by atoms with Crippen LogP contribution in [0.5, 0.6) is 17.2 Å². The zero-order chi connectivity index (χ0) is 33.9. The van der Waals surface area contributed by atoms with Gasteiger partial charge in [-0.05, 0) is 91.1 Å². The average Bonchev–Trinajstić information content (AvgIpc) is 3.55. The summed E-state index contributed by atoms with van der Waals surface area (Å²) < 4.78 is 39.6. The molecular formula is C39H43FO8. The Morgan fingerprint density at radius 3 is 2.38 bits per heavy atom. The van der Waals surface area contributed by atoms with E-state index in [4.69, 9.17) is 24.1 Å². The van der Waals surface area contributed by atoms with Crippen LogP contribution in [0.15, 0.2) is 78.6 Å². The third-order valence-corrected chi connectivity index (χ3v) is 8.75. The lowest BCUT2D eigenvalue weighted by Crippen LogP contribution is -2.33. The van der Waals surface area contributed by atoms with Crippen LogP contribution in [0, 0.1) is 0 Å². The van der Waals surface area contributed by atoms with Crippen molar-refractivity contribution in [2.45, 2.75) is 76.7 Å². The van der Waals surface area contributed by atoms with E-state index in [-0.39, 0.29) is 32.1 Å². The number of allylic oxidation sites excluding steroid dienone is 2. The third kappa shape index (κ3) is 9.04. The van der Waals surface area contributed by atoms with Gasteiger partial charge >= 0.3 is 11.9 Å². The van der Waals surface area contributed by atoms with E-state index in [0.717, 1.165) is 54.4 Å². The molecule has 0 fully saturated rings. The molecule has 1 heterocycles. The van der Waals surface area contributed by atoms with Gasteiger partial charge in [0.1, 0.15) is 17.2 Å². The highest BCUT2D eigenvalue weighted by Gasteiger charge is 2.38. The van der Waals surface area contributed by atoms with Gasteiger partial charge in [-0.3, -0.25) is 9.59 Å². The van der Waals surface area contributed by atoms with Crippen molar-refractivity contribution >= 4 is 23.1 Å². The monoisotopic (exact) mass is 658 g/mol. The van der Waals surface area contributed by atoms with Gasteiger partial charge in [-0.1, -0.05) is 61.4 Å². The first-order chi connectivity index (χ1) is 23.2. The van der Waals surface area contributed by atoms with Gasteiger partial charge in [0.15, 0.2) is 11.5 Å². The molecule has 0 bridgehead atoms. The Labute approximate surface area is 280 Å². The van der Waals surface area contributed by atoms with Gasteiger partial charge in [0.05, 0.1) is 6.61 Å². The van der Waals surface area contributed by atoms with E-state index in [1.165, 1.54) is 0 Å². The molecule has 8 nitrogen and oxygen atoms in total. The molecule has 0 saturated carbocycles. The maximum Gasteiger partial charge on any atom is 0.303 e. The number of hydrogen-bond donors (Lipinski definition) is 2. The molecule has 0 amide bonds. The van der Waals surface area contributed by atoms with E-state index >= 15 is 4.39 Å². The minimum absolute atomic E-state index is 0.0127. The molecule has 2 aliphatic rings. The molecule has 48 heavy (non-hydrogen) atoms. The fourth-order valence-electron chi connectivity index (χ4n) is 6.21. The minimum Gasteiger partial charge on any atom is -0.493 e. The molecule has 1 aliphatic heterocycles. The number of fused-ring (bicyclic) bond motifs is 1. The van der Waals surface area contributed by atoms with Crippen molar-refractivity contribution in [3.05, 3.63) is 101 Å². The zero-order valence-electron chi connectivity index (χ0n) is 27.3. The standard InChI is InChI=1S/C39H43FO8/c1-39(25-30(27-11-6-4-7-12-27)23-32(38(39)40)29-17-19-34-35(24-29)47-26-46-34)48-22-8-3-2-5-13-28-14-9-15-33(31(28)18-20-37(43)44)45-21-10-16-36(41)42/h4,6-7,9,11-12,14-15,17,19,23-24H,2-3,5,8,10,13,16,18,20-22,25-26H2,1H3,(H,41,42)(H,43,44). The molecule has 1 atom stereocenters. The lowest BCUT2D eigenvalue weighted by atomic mass is 9.81. The van der Waals surface area contributed by atoms with Crippen molar-refractivity contribution < 1.29 is 43.1 Å². The van der Waals surface area contributed by atoms with Gasteiger partial charge in [0.25, 0.3) is 0 Å². The van der Waals surface area contributed by atoms with Gasteiger partial charge < -0.3 is 29.2 Å². The first-order valence-electron chi connectivity index (χ1n) is 16.6. The molecule has 2 N–H and O–H groups in total. The normalized spacial score (nSPS) is 16.9. The maximum absolute atomic E-state index is 16.3. The predicted molar refractivity (Wildman–Crippen MR) is 181 cm³/mol. The molecule has 1 unspecified atom stereocenters. The number of carboxylic acid groups (broad SMARTS) is 2. The van der Waals surface area contributed by atoms with E-state index in [1.807, 2.05) is 79.7 Å². The smallest absolute Gasteiger partial charge is 0.303 e. The van der Waals surface area contributed by atoms with Crippen LogP contribution in [-0.2, 0) is 27.2 Å². The van der Waals surface area contributed by atoms with Gasteiger partial charge in [0.2, 0.25) is 6.79 Å². The second kappa shape index (κ2) is 16.5. The van der Waals surface area contributed by atoms with Crippen LogP contribution < -0.4 is 14.2 Å². The number of carboxylic acids is 2. The quantitative estimate of drug-likeness (QED) is 0.131. The van der Waals surface area contributed by atoms with Gasteiger partial charge in [-0.2, -0.15) is 0 Å². The molecule has 0 aromatic heterocycles. The minimum atomic E-state index is -1.13. The highest BCUT2D eigenvalue weighted by Crippen LogP contribution is 2.45. The van der Waals surface area contributed by atoms with Crippen molar-refractivity contribution in [3.8, 4) is 17.2 Å². The number of ether oxygens (including phenoxy) is 4. The van der Waals surface area contributed by atoms with Gasteiger partial charge in [-0.15, -0.1) is 0 Å². The fourth-order valence-corrected chi connectivity index (χ4v) is 6.21. The summed E-state index contributed by atoms with van der Waals surface area (Å²) in [6.07, 6.45) is 7.30. The molecule has 0 radical (unpaired) electrons. The van der Waals surface area contributed by atoms with E-state index in [0.29, 0.717) is 54.3 Å². The Morgan fingerprint density at radius 2 is 1.58 bits per heavy atom. The molecule has 5 rings (SSSR count). The van der Waals surface area contributed by atoms with Gasteiger partial charge in [0, 0.05) is 31.4 Å². The summed E-state index contributed by atoms with van der Waals surface area (Å²) in [6, 6.07) is 21.1. The van der Waals surface area contributed by atoms with Crippen LogP contribution >= 0.6 is 0 Å². The van der Waals surface area contributed by atoms with E-state index in [9.17, 15) is 14.7 Å². The summed E-state index contributed by atoms with van der Waals surface area (Å²) in [5.41, 5.74) is 3.99. The number of aryl methyl sites for hydroxylation is 1. The van der Waals surface area contributed by atoms with Crippen LogP contribution in [0.1, 0.15) is 80.5 Å². The topological polar surface area (TPSA) is 112 Å². The summed E-state index contributed by atoms with van der Waals surface area (Å²) in [5.74, 6) is -0.202. The number of aliphatic carboxylic acids is 2. The van der Waals surface area contributed by atoms with Crippen molar-refractivity contribution in [2.24, 2.45) is 0 Å². The molecule has 3 aromatic carbocycles. The van der Waals surface area contributed by atoms with Crippen LogP contribution in [-0.4, -0.2) is 47.8 Å². The number of unbranched alkanes of at least 4 members (excludes halogenated alkanes) is 3. The largest absolute Gasteiger partial charge is 0.493 e. The molecule has 0 saturated heterocycles. The number of hydrogen-bond acceptors (Lipinski definition) is 6. The predicted octanol–water partition coefficient (Wildman–Crippen LogP) is 8.42. The summed E-state index contributed by atoms with van der Waals surface area (Å²) in [7, 11) is 0. The summed E-state index contributed by atoms with van der Waals surface area (Å²) in [5, 5.41) is 18.2. The van der Waals surface area contributed by atoms with E-state index in [2.05, 4.69) is 0 Å². The van der Waals surface area contributed by atoms with E-state index in [1.54, 1.807) is 0 Å². The lowest BCUT2D eigenvalue weighted by molar-refractivity contribution is -0.138. The van der Waals surface area contributed by atoms with Crippen LogP contribution in [0.4, 0.5) is 4.39 Å². The summed E-state index contributed by atoms with van der Waals surface area (Å²) >= 11 is 0. The molecular weight excluding hydrogens is 615 g/mol. The first kappa shape index (κ1) is 34.7. The Morgan fingerprint density at radius 1 is 0.812 bits per heavy atom. The van der Waals surface area contributed by atoms with E-state index < -0.39 is 17.5 Å². The third-order valence-electron chi connectivity index (χ3n) is 8.75. The zero-order valence-corrected chi connectivity index (χ0v) is 27.3. The fraction of sp³-hybridized carbons (Fsp3) is 0.385. The average molecular weight is 659 g/mol. The van der Waals surface area contributed by atoms with Crippen LogP contribution in [0.2, 0.25) is 0 Å². The summed E-state index contributed by atoms with van der Waals surface area (Å²) in [6.45, 7) is 2.63. The lowest BCUT2D eigenvalue weighted by Gasteiger charge is -2.34. The van der Waals surface area contributed by atoms with Crippen molar-refractivity contribution in [1.82, 2.24) is 0 Å².